The Kier molecular flexibility index (Phi) is 5.73. The molecule has 174 valence electrons. The molecule has 0 radical (unpaired) electrons. The maximum Gasteiger partial charge on any atom is 0.407 e. The van der Waals surface area contributed by atoms with Crippen LogP contribution in [0.1, 0.15) is 11.1 Å². The maximum absolute atomic E-state index is 11.3. The summed E-state index contributed by atoms with van der Waals surface area (Å²) in [5.74, 6) is 1.18. The smallest absolute Gasteiger partial charge is 0.407 e. The number of likely N-dealkylation sites (N-methyl/N-ethyl adjacent to an activating group) is 1. The van der Waals surface area contributed by atoms with Gasteiger partial charge < -0.3 is 29.7 Å². The van der Waals surface area contributed by atoms with E-state index in [1.54, 1.807) is 24.2 Å². The summed E-state index contributed by atoms with van der Waals surface area (Å²) in [5, 5.41) is 17.8. The zero-order valence-corrected chi connectivity index (χ0v) is 18.7. The van der Waals surface area contributed by atoms with E-state index in [1.165, 1.54) is 16.0 Å². The summed E-state index contributed by atoms with van der Waals surface area (Å²) in [6, 6.07) is 4.19. The van der Waals surface area contributed by atoms with Gasteiger partial charge in [-0.2, -0.15) is 10.1 Å². The molecule has 0 aliphatic carbocycles. The number of ether oxygens (including phenoxy) is 2. The van der Waals surface area contributed by atoms with Crippen LogP contribution in [0.4, 0.5) is 16.4 Å². The van der Waals surface area contributed by atoms with Crippen molar-refractivity contribution in [1.29, 1.82) is 0 Å². The first-order chi connectivity index (χ1) is 16.0. The molecule has 4 heterocycles. The minimum atomic E-state index is -0.937. The van der Waals surface area contributed by atoms with Gasteiger partial charge in [-0.15, -0.1) is 0 Å². The molecule has 11 nitrogen and oxygen atoms in total. The number of carbonyl (C=O) groups is 1. The fourth-order valence-electron chi connectivity index (χ4n) is 4.37. The fourth-order valence-corrected chi connectivity index (χ4v) is 4.37. The molecule has 0 saturated carbocycles. The highest BCUT2D eigenvalue weighted by Crippen LogP contribution is 2.33. The minimum absolute atomic E-state index is 0.290. The average Bonchev–Trinajstić information content (AvgIpc) is 3.20. The van der Waals surface area contributed by atoms with Crippen LogP contribution in [0.25, 0.3) is 11.0 Å². The van der Waals surface area contributed by atoms with Crippen LogP contribution in [0, 0.1) is 0 Å². The number of nitrogens with zero attached hydrogens (tertiary/aromatic N) is 6. The standard InChI is InChI=1S/C22H27N7O4/c1-27-4-3-14-8-19(32-2)18(7-15(14)11-27)25-21-23-9-16-10-24-29(20(16)26-21)13-17-12-28(22(30)31)5-6-33-17/h7-10,17H,3-6,11-13H2,1-2H3,(H,30,31)(H,23,25,26). The van der Waals surface area contributed by atoms with Gasteiger partial charge in [-0.1, -0.05) is 0 Å². The summed E-state index contributed by atoms with van der Waals surface area (Å²) in [6.45, 7) is 3.36. The summed E-state index contributed by atoms with van der Waals surface area (Å²) in [6.07, 6.45) is 3.19. The normalized spacial score (nSPS) is 18.8. The largest absolute Gasteiger partial charge is 0.495 e. The van der Waals surface area contributed by atoms with E-state index < -0.39 is 6.09 Å². The number of hydrogen-bond acceptors (Lipinski definition) is 8. The molecule has 5 rings (SSSR count). The highest BCUT2D eigenvalue weighted by Gasteiger charge is 2.25. The topological polar surface area (TPSA) is 118 Å². The van der Waals surface area contributed by atoms with Crippen LogP contribution >= 0.6 is 0 Å². The number of hydrogen-bond donors (Lipinski definition) is 2. The summed E-state index contributed by atoms with van der Waals surface area (Å²) in [4.78, 5) is 24.1. The molecular formula is C22H27N7O4. The van der Waals surface area contributed by atoms with Gasteiger partial charge >= 0.3 is 6.09 Å². The van der Waals surface area contributed by atoms with Crippen LogP contribution in [-0.4, -0.2) is 87.3 Å². The average molecular weight is 454 g/mol. The molecule has 1 unspecified atom stereocenters. The molecule has 3 aromatic rings. The minimum Gasteiger partial charge on any atom is -0.495 e. The van der Waals surface area contributed by atoms with Crippen molar-refractivity contribution in [2.75, 3.05) is 45.7 Å². The lowest BCUT2D eigenvalue weighted by molar-refractivity contribution is -0.0302. The Morgan fingerprint density at radius 2 is 2.18 bits per heavy atom. The third-order valence-electron chi connectivity index (χ3n) is 6.13. The lowest BCUT2D eigenvalue weighted by atomic mass is 9.99. The molecule has 1 aromatic carbocycles. The second kappa shape index (κ2) is 8.83. The van der Waals surface area contributed by atoms with E-state index in [-0.39, 0.29) is 6.10 Å². The lowest BCUT2D eigenvalue weighted by Gasteiger charge is -2.30. The third kappa shape index (κ3) is 4.41. The Balaban J connectivity index is 1.39. The fraction of sp³-hybridized carbons (Fsp3) is 0.455. The second-order valence-electron chi connectivity index (χ2n) is 8.45. The lowest BCUT2D eigenvalue weighted by Crippen LogP contribution is -2.46. The predicted molar refractivity (Wildman–Crippen MR) is 121 cm³/mol. The monoisotopic (exact) mass is 453 g/mol. The van der Waals surface area contributed by atoms with Crippen LogP contribution in [-0.2, 0) is 24.2 Å². The Bertz CT molecular complexity index is 1180. The number of amides is 1. The Morgan fingerprint density at radius 3 is 3.00 bits per heavy atom. The number of rotatable bonds is 5. The van der Waals surface area contributed by atoms with Crippen LogP contribution in [0.5, 0.6) is 5.75 Å². The van der Waals surface area contributed by atoms with E-state index in [0.717, 1.165) is 36.3 Å². The first-order valence-electron chi connectivity index (χ1n) is 10.9. The van der Waals surface area contributed by atoms with Gasteiger partial charge in [0.15, 0.2) is 5.65 Å². The Hall–Kier alpha value is -3.44. The van der Waals surface area contributed by atoms with Gasteiger partial charge in [-0.3, -0.25) is 0 Å². The van der Waals surface area contributed by atoms with Crippen molar-refractivity contribution in [3.8, 4) is 5.75 Å². The van der Waals surface area contributed by atoms with Crippen molar-refractivity contribution < 1.29 is 19.4 Å². The Labute approximate surface area is 190 Å². The maximum atomic E-state index is 11.3. The molecular weight excluding hydrogens is 426 g/mol. The summed E-state index contributed by atoms with van der Waals surface area (Å²) in [7, 11) is 3.77. The molecule has 2 N–H and O–H groups in total. The molecule has 2 aromatic heterocycles. The first-order valence-corrected chi connectivity index (χ1v) is 10.9. The molecule has 0 bridgehead atoms. The Morgan fingerprint density at radius 1 is 1.30 bits per heavy atom. The quantitative estimate of drug-likeness (QED) is 0.597. The van der Waals surface area contributed by atoms with Crippen molar-refractivity contribution in [1.82, 2.24) is 29.5 Å². The summed E-state index contributed by atoms with van der Waals surface area (Å²) in [5.41, 5.74) is 4.02. The van der Waals surface area contributed by atoms with Gasteiger partial charge in [0.2, 0.25) is 5.95 Å². The summed E-state index contributed by atoms with van der Waals surface area (Å²) >= 11 is 0. The zero-order valence-electron chi connectivity index (χ0n) is 18.7. The van der Waals surface area contributed by atoms with Gasteiger partial charge in [-0.05, 0) is 36.7 Å². The molecule has 1 atom stereocenters. The number of carboxylic acid groups (broad SMARTS) is 1. The highest BCUT2D eigenvalue weighted by molar-refractivity contribution is 5.76. The summed E-state index contributed by atoms with van der Waals surface area (Å²) < 4.78 is 13.1. The van der Waals surface area contributed by atoms with Crippen molar-refractivity contribution in [2.45, 2.75) is 25.6 Å². The van der Waals surface area contributed by atoms with Gasteiger partial charge in [0.05, 0.1) is 50.2 Å². The molecule has 1 fully saturated rings. The van der Waals surface area contributed by atoms with Crippen LogP contribution < -0.4 is 10.1 Å². The van der Waals surface area contributed by atoms with Crippen molar-refractivity contribution in [2.24, 2.45) is 0 Å². The van der Waals surface area contributed by atoms with Gasteiger partial charge in [0.25, 0.3) is 0 Å². The molecule has 2 aliphatic rings. The number of fused-ring (bicyclic) bond motifs is 2. The number of nitrogens with one attached hydrogen (secondary N) is 1. The predicted octanol–water partition coefficient (Wildman–Crippen LogP) is 1.95. The number of benzene rings is 1. The first kappa shape index (κ1) is 21.4. The molecule has 0 spiro atoms. The second-order valence-corrected chi connectivity index (χ2v) is 8.45. The van der Waals surface area contributed by atoms with Crippen LogP contribution in [0.15, 0.2) is 24.5 Å². The van der Waals surface area contributed by atoms with Gasteiger partial charge in [0.1, 0.15) is 5.75 Å². The van der Waals surface area contributed by atoms with Crippen LogP contribution in [0.3, 0.4) is 0 Å². The van der Waals surface area contributed by atoms with E-state index in [1.807, 2.05) is 0 Å². The number of morpholine rings is 1. The molecule has 11 heteroatoms. The van der Waals surface area contributed by atoms with E-state index >= 15 is 0 Å². The number of anilines is 2. The van der Waals surface area contributed by atoms with Crippen LogP contribution in [0.2, 0.25) is 0 Å². The van der Waals surface area contributed by atoms with Crippen molar-refractivity contribution >= 4 is 28.8 Å². The van der Waals surface area contributed by atoms with E-state index in [2.05, 4.69) is 44.5 Å². The molecule has 33 heavy (non-hydrogen) atoms. The van der Waals surface area contributed by atoms with Crippen molar-refractivity contribution in [3.05, 3.63) is 35.7 Å². The number of methoxy groups -OCH3 is 1. The molecule has 2 aliphatic heterocycles. The van der Waals surface area contributed by atoms with E-state index in [0.29, 0.717) is 37.8 Å². The zero-order chi connectivity index (χ0) is 22.9. The van der Waals surface area contributed by atoms with E-state index in [9.17, 15) is 9.90 Å². The SMILES string of the molecule is COc1cc2c(cc1Nc1ncc3cnn(CC4CN(C(=O)O)CCO4)c3n1)CN(C)CC2. The van der Waals surface area contributed by atoms with Crippen molar-refractivity contribution in [3.63, 3.8) is 0 Å². The highest BCUT2D eigenvalue weighted by atomic mass is 16.5. The molecule has 1 amide bonds. The van der Waals surface area contributed by atoms with Gasteiger partial charge in [-0.25, -0.2) is 14.5 Å². The van der Waals surface area contributed by atoms with Gasteiger partial charge in [0, 0.05) is 25.8 Å². The number of aromatic nitrogens is 4. The molecule has 1 saturated heterocycles. The van der Waals surface area contributed by atoms with E-state index in [4.69, 9.17) is 9.47 Å². The third-order valence-corrected chi connectivity index (χ3v) is 6.13.